The Morgan fingerprint density at radius 2 is 0.357 bits per heavy atom. The molecule has 0 bridgehead atoms. The van der Waals surface area contributed by atoms with Gasteiger partial charge in [-0.15, -0.1) is 0 Å². The Labute approximate surface area is 78.5 Å². The van der Waals surface area contributed by atoms with Crippen LogP contribution in [0.4, 0.5) is 0 Å². The van der Waals surface area contributed by atoms with Crippen LogP contribution < -0.4 is 0 Å². The molecule has 23 N–H and O–H groups in total. The van der Waals surface area contributed by atoms with E-state index in [0.29, 0.717) is 0 Å². The predicted molar refractivity (Wildman–Crippen MR) is 48.5 cm³/mol. The van der Waals surface area contributed by atoms with Crippen LogP contribution in [0.3, 0.4) is 0 Å². The van der Waals surface area contributed by atoms with E-state index < -0.39 is 7.32 Å². The first-order valence-corrected chi connectivity index (χ1v) is 0.775. The van der Waals surface area contributed by atoms with Gasteiger partial charge in [-0.25, -0.2) is 0 Å². The topological polar surface area (TPSA) is 376 Å². The Bertz CT molecular complexity index is 9.95. The van der Waals surface area contributed by atoms with Gasteiger partial charge in [-0.05, 0) is 0 Å². The molecule has 0 aromatic rings. The molecule has 14 heteroatoms. The van der Waals surface area contributed by atoms with Crippen molar-refractivity contribution in [2.24, 2.45) is 0 Å². The lowest BCUT2D eigenvalue weighted by molar-refractivity contribution is 0.278. The first-order valence-electron chi connectivity index (χ1n) is 0.775. The molecule has 0 radical (unpaired) electrons. The van der Waals surface area contributed by atoms with Gasteiger partial charge < -0.3 is 69.8 Å². The lowest BCUT2D eigenvalue weighted by atomic mass is 10.3. The molecule has 0 aromatic heterocycles. The minimum atomic E-state index is -2.17. The molecule has 104 valence electrons. The van der Waals surface area contributed by atoms with E-state index in [-0.39, 0.29) is 54.8 Å². The Morgan fingerprint density at radius 1 is 0.357 bits per heavy atom. The minimum Gasteiger partial charge on any atom is -0.412 e. The quantitative estimate of drug-likeness (QED) is 0.348. The van der Waals surface area contributed by atoms with Crippen LogP contribution >= 0.6 is 0 Å². The maximum Gasteiger partial charge on any atom is 0.631 e. The van der Waals surface area contributed by atoms with Crippen molar-refractivity contribution in [3.05, 3.63) is 0 Å². The summed E-state index contributed by atoms with van der Waals surface area (Å²) in [5.74, 6) is 0. The first kappa shape index (κ1) is 329. The van der Waals surface area contributed by atoms with Crippen LogP contribution in [0, 0.1) is 0 Å². The number of hydrogen-bond acceptors (Lipinski definition) is 3. The van der Waals surface area contributed by atoms with E-state index in [1.807, 2.05) is 0 Å². The van der Waals surface area contributed by atoms with Gasteiger partial charge in [0.1, 0.15) is 0 Å². The van der Waals surface area contributed by atoms with Crippen molar-refractivity contribution < 1.29 is 69.8 Å². The Kier molecular flexibility index (Phi) is 6070. The average molecular weight is 242 g/mol. The summed E-state index contributed by atoms with van der Waals surface area (Å²) in [7, 11) is -2.17. The van der Waals surface area contributed by atoms with Crippen molar-refractivity contribution in [1.29, 1.82) is 0 Å². The Balaban J connectivity index is -0.000000001000. The van der Waals surface area contributed by atoms with E-state index in [1.165, 1.54) is 0 Å². The minimum absolute atomic E-state index is 0. The molecular weight excluding hydrogens is 219 g/mol. The zero-order valence-corrected chi connectivity index (χ0v) is 6.92. The largest absolute Gasteiger partial charge is 0.631 e. The smallest absolute Gasteiger partial charge is 0.412 e. The van der Waals surface area contributed by atoms with Crippen molar-refractivity contribution in [2.45, 2.75) is 0 Å². The average Bonchev–Trinajstić information content (AvgIpc) is 0.811. The molecule has 0 saturated heterocycles. The molecule has 0 atom stereocenters. The molecule has 0 amide bonds. The van der Waals surface area contributed by atoms with E-state index in [9.17, 15) is 0 Å². The molecule has 0 aliphatic heterocycles. The predicted octanol–water partition coefficient (Wildman–Crippen LogP) is -10.3. The van der Waals surface area contributed by atoms with Gasteiger partial charge in [-0.3, -0.25) is 0 Å². The van der Waals surface area contributed by atoms with Crippen molar-refractivity contribution in [3.8, 4) is 0 Å². The molecule has 0 rings (SSSR count). The monoisotopic (exact) mass is 242 g/mol. The van der Waals surface area contributed by atoms with E-state index in [0.717, 1.165) is 0 Å². The fraction of sp³-hybridized carbons (Fsp3) is 0. The van der Waals surface area contributed by atoms with Crippen molar-refractivity contribution >= 4 is 7.32 Å². The zero-order chi connectivity index (χ0) is 3.58. The molecule has 0 spiro atoms. The summed E-state index contributed by atoms with van der Waals surface area (Å²) in [6.07, 6.45) is 0. The third kappa shape index (κ3) is 6200. The highest BCUT2D eigenvalue weighted by molar-refractivity contribution is 6.30. The van der Waals surface area contributed by atoms with Gasteiger partial charge >= 0.3 is 7.32 Å². The van der Waals surface area contributed by atoms with Crippen LogP contribution in [0.2, 0.25) is 0 Å². The summed E-state index contributed by atoms with van der Waals surface area (Å²) >= 11 is 0. The van der Waals surface area contributed by atoms with E-state index in [1.54, 1.807) is 0 Å². The summed E-state index contributed by atoms with van der Waals surface area (Å²) in [5.41, 5.74) is 0. The van der Waals surface area contributed by atoms with Gasteiger partial charge in [0.15, 0.2) is 0 Å². The highest BCUT2D eigenvalue weighted by atomic mass is 16.5. The molecule has 0 unspecified atom stereocenters. The lowest BCUT2D eigenvalue weighted by Gasteiger charge is -1.69. The van der Waals surface area contributed by atoms with Gasteiger partial charge in [0.05, 0.1) is 0 Å². The highest BCUT2D eigenvalue weighted by Gasteiger charge is 1.92. The van der Waals surface area contributed by atoms with Crippen LogP contribution in [0.25, 0.3) is 0 Å². The molecule has 0 saturated carbocycles. The maximum atomic E-state index is 7.17. The standard InChI is InChI=1S/BH3O3.10H2O/c2-1(3)4;;;;;;;;;;/h2-4H;10*1H2. The Hall–Kier alpha value is -0.455. The van der Waals surface area contributed by atoms with Crippen LogP contribution in [-0.2, 0) is 0 Å². The summed E-state index contributed by atoms with van der Waals surface area (Å²) in [6.45, 7) is 0. The van der Waals surface area contributed by atoms with E-state index in [4.69, 9.17) is 15.1 Å². The van der Waals surface area contributed by atoms with Crippen LogP contribution in [0.5, 0.6) is 0 Å². The summed E-state index contributed by atoms with van der Waals surface area (Å²) < 4.78 is 0. The first-order chi connectivity index (χ1) is 1.73. The van der Waals surface area contributed by atoms with Crippen LogP contribution in [0.15, 0.2) is 0 Å². The second-order valence-electron chi connectivity index (χ2n) is 0.346. The highest BCUT2D eigenvalue weighted by Crippen LogP contribution is 1.40. The van der Waals surface area contributed by atoms with Gasteiger partial charge in [0, 0.05) is 0 Å². The second kappa shape index (κ2) is 258. The molecular formula is H23BO13. The number of hydrogen-bond donors (Lipinski definition) is 3. The summed E-state index contributed by atoms with van der Waals surface area (Å²) in [6, 6.07) is 0. The third-order valence-corrected chi connectivity index (χ3v) is 0. The number of rotatable bonds is 0. The maximum absolute atomic E-state index is 7.17. The van der Waals surface area contributed by atoms with E-state index >= 15 is 0 Å². The zero-order valence-electron chi connectivity index (χ0n) is 6.92. The molecule has 13 nitrogen and oxygen atoms in total. The fourth-order valence-corrected chi connectivity index (χ4v) is 0. The lowest BCUT2D eigenvalue weighted by Crippen LogP contribution is -2.07. The SMILES string of the molecule is O.O.O.O.O.O.O.O.O.O.OB(O)O. The molecule has 0 aliphatic carbocycles. The van der Waals surface area contributed by atoms with Crippen LogP contribution in [-0.4, -0.2) is 77.2 Å². The molecule has 0 aliphatic rings. The summed E-state index contributed by atoms with van der Waals surface area (Å²) in [5, 5.41) is 21.5. The fourth-order valence-electron chi connectivity index (χ4n) is 0. The van der Waals surface area contributed by atoms with Gasteiger partial charge in [0.2, 0.25) is 0 Å². The van der Waals surface area contributed by atoms with E-state index in [2.05, 4.69) is 0 Å². The molecule has 0 aromatic carbocycles. The molecule has 14 heavy (non-hydrogen) atoms. The summed E-state index contributed by atoms with van der Waals surface area (Å²) in [4.78, 5) is 0. The third-order valence-electron chi connectivity index (χ3n) is 0. The van der Waals surface area contributed by atoms with Crippen molar-refractivity contribution in [1.82, 2.24) is 0 Å². The normalized spacial score (nSPS) is 1.93. The van der Waals surface area contributed by atoms with Crippen LogP contribution in [0.1, 0.15) is 0 Å². The second-order valence-corrected chi connectivity index (χ2v) is 0.346. The molecule has 0 heterocycles. The van der Waals surface area contributed by atoms with Gasteiger partial charge in [-0.1, -0.05) is 0 Å². The molecule has 0 fully saturated rings. The van der Waals surface area contributed by atoms with Crippen molar-refractivity contribution in [3.63, 3.8) is 0 Å². The van der Waals surface area contributed by atoms with Gasteiger partial charge in [0.25, 0.3) is 0 Å². The van der Waals surface area contributed by atoms with Gasteiger partial charge in [-0.2, -0.15) is 0 Å². The Morgan fingerprint density at radius 3 is 0.357 bits per heavy atom. The van der Waals surface area contributed by atoms with Crippen molar-refractivity contribution in [2.75, 3.05) is 0 Å².